The van der Waals surface area contributed by atoms with E-state index >= 15 is 0 Å². The van der Waals surface area contributed by atoms with E-state index in [1.165, 1.54) is 0 Å². The van der Waals surface area contributed by atoms with Crippen molar-refractivity contribution < 1.29 is 17.5 Å². The van der Waals surface area contributed by atoms with E-state index in [9.17, 15) is 0 Å². The molecule has 7 heavy (non-hydrogen) atoms. The van der Waals surface area contributed by atoms with Crippen molar-refractivity contribution in [2.24, 2.45) is 0 Å². The van der Waals surface area contributed by atoms with Crippen molar-refractivity contribution >= 4 is 60.1 Å². The van der Waals surface area contributed by atoms with Crippen LogP contribution in [0.2, 0.25) is 0 Å². The quantitative estimate of drug-likeness (QED) is 0.290. The SMILES string of the molecule is O=S(=O)([O-])[O-].[In+3].[Sn+4]. The summed E-state index contributed by atoms with van der Waals surface area (Å²) < 4.78 is 34.1. The predicted molar refractivity (Wildman–Crippen MR) is 22.0 cm³/mol. The smallest absolute Gasteiger partial charge is 0.759 e. The zero-order chi connectivity index (χ0) is 4.50. The second kappa shape index (κ2) is 5.67. The van der Waals surface area contributed by atoms with Crippen molar-refractivity contribution in [3.8, 4) is 0 Å². The van der Waals surface area contributed by atoms with Crippen molar-refractivity contribution in [1.82, 2.24) is 0 Å². The predicted octanol–water partition coefficient (Wildman–Crippen LogP) is -2.10. The van der Waals surface area contributed by atoms with Gasteiger partial charge in [-0.1, -0.05) is 0 Å². The van der Waals surface area contributed by atoms with Gasteiger partial charge in [-0.3, -0.25) is 8.42 Å². The molecule has 4 nitrogen and oxygen atoms in total. The van der Waals surface area contributed by atoms with Gasteiger partial charge >= 0.3 is 49.8 Å². The Kier molecular flexibility index (Phi) is 12.8. The van der Waals surface area contributed by atoms with E-state index in [2.05, 4.69) is 0 Å². The first kappa shape index (κ1) is 15.8. The van der Waals surface area contributed by atoms with Crippen LogP contribution in [-0.2, 0) is 10.4 Å². The Morgan fingerprint density at radius 3 is 1.14 bits per heavy atom. The van der Waals surface area contributed by atoms with Gasteiger partial charge in [0.15, 0.2) is 0 Å². The Hall–Kier alpha value is 1.54. The van der Waals surface area contributed by atoms with Crippen LogP contribution in [0.15, 0.2) is 0 Å². The van der Waals surface area contributed by atoms with E-state index in [4.69, 9.17) is 17.5 Å². The first-order chi connectivity index (χ1) is 2.00. The fraction of sp³-hybridized carbons (Fsp3) is 0. The molecule has 0 spiro atoms. The van der Waals surface area contributed by atoms with Crippen LogP contribution in [0.3, 0.4) is 0 Å². The second-order valence-corrected chi connectivity index (χ2v) is 1.22. The third-order valence-electron chi connectivity index (χ3n) is 0. The van der Waals surface area contributed by atoms with E-state index in [1.807, 2.05) is 0 Å². The molecule has 0 heterocycles. The topological polar surface area (TPSA) is 80.3 Å². The first-order valence-corrected chi connectivity index (χ1v) is 2.00. The van der Waals surface area contributed by atoms with E-state index in [0.717, 1.165) is 0 Å². The molecule has 7 heteroatoms. The van der Waals surface area contributed by atoms with E-state index in [0.29, 0.717) is 0 Å². The van der Waals surface area contributed by atoms with Gasteiger partial charge in [0.25, 0.3) is 0 Å². The van der Waals surface area contributed by atoms with Crippen molar-refractivity contribution in [3.63, 3.8) is 0 Å². The molecule has 0 aliphatic rings. The van der Waals surface area contributed by atoms with Crippen LogP contribution in [-0.4, -0.2) is 67.3 Å². The molecule has 0 N–H and O–H groups in total. The second-order valence-electron chi connectivity index (χ2n) is 0.408. The molecule has 0 atom stereocenters. The molecule has 0 aliphatic carbocycles. The number of hydrogen-bond donors (Lipinski definition) is 0. The molecule has 0 radical (unpaired) electrons. The minimum atomic E-state index is -5.17. The first-order valence-electron chi connectivity index (χ1n) is 0.667. The summed E-state index contributed by atoms with van der Waals surface area (Å²) in [6.07, 6.45) is 0. The number of hydrogen-bond acceptors (Lipinski definition) is 4. The molecule has 32 valence electrons. The molecule has 0 aliphatic heterocycles. The largest absolute Gasteiger partial charge is 4.00 e. The summed E-state index contributed by atoms with van der Waals surface area (Å²) in [5.74, 6) is 0. The van der Waals surface area contributed by atoms with Gasteiger partial charge in [-0.05, 0) is 0 Å². The number of rotatable bonds is 0. The molecule has 0 saturated carbocycles. The standard InChI is InChI=1S/In.H2O4S.Sn/c;1-5(2,3)4;/h;(H2,1,2,3,4);/q+3;;+4/p-2. The summed E-state index contributed by atoms with van der Waals surface area (Å²) in [6.45, 7) is 0. The van der Waals surface area contributed by atoms with Gasteiger partial charge in [0.05, 0.1) is 0 Å². The molecule has 0 aromatic heterocycles. The monoisotopic (exact) mass is 331 g/mol. The molecule has 0 aromatic carbocycles. The minimum absolute atomic E-state index is 0. The molecule has 0 saturated heterocycles. The zero-order valence-electron chi connectivity index (χ0n) is 3.12. The Morgan fingerprint density at radius 2 is 1.14 bits per heavy atom. The van der Waals surface area contributed by atoms with Crippen LogP contribution >= 0.6 is 0 Å². The van der Waals surface area contributed by atoms with Crippen LogP contribution < -0.4 is 0 Å². The Bertz CT molecular complexity index is 94.9. The summed E-state index contributed by atoms with van der Waals surface area (Å²) in [5, 5.41) is 0. The van der Waals surface area contributed by atoms with Crippen LogP contribution in [0.4, 0.5) is 0 Å². The average Bonchev–Trinajstić information content (AvgIpc) is 0.722. The Balaban J connectivity index is -0.0000000800. The van der Waals surface area contributed by atoms with Gasteiger partial charge in [-0.25, -0.2) is 0 Å². The minimum Gasteiger partial charge on any atom is -0.759 e. The van der Waals surface area contributed by atoms with Gasteiger partial charge in [-0.15, -0.1) is 0 Å². The summed E-state index contributed by atoms with van der Waals surface area (Å²) in [5.41, 5.74) is 0. The summed E-state index contributed by atoms with van der Waals surface area (Å²) >= 11 is 0. The fourth-order valence-electron chi connectivity index (χ4n) is 0. The van der Waals surface area contributed by atoms with Crippen LogP contribution in [0.5, 0.6) is 0 Å². The van der Waals surface area contributed by atoms with Gasteiger partial charge < -0.3 is 9.11 Å². The molecule has 0 amide bonds. The Labute approximate surface area is 77.0 Å². The van der Waals surface area contributed by atoms with Crippen molar-refractivity contribution in [2.45, 2.75) is 0 Å². The van der Waals surface area contributed by atoms with Gasteiger partial charge in [0.2, 0.25) is 0 Å². The summed E-state index contributed by atoms with van der Waals surface area (Å²) in [4.78, 5) is 0. The maximum absolute atomic E-state index is 8.52. The van der Waals surface area contributed by atoms with Crippen molar-refractivity contribution in [1.29, 1.82) is 0 Å². The van der Waals surface area contributed by atoms with Crippen molar-refractivity contribution in [2.75, 3.05) is 0 Å². The molecule has 0 rings (SSSR count). The van der Waals surface area contributed by atoms with E-state index in [-0.39, 0.29) is 49.8 Å². The van der Waals surface area contributed by atoms with Gasteiger partial charge in [0, 0.05) is 10.4 Å². The van der Waals surface area contributed by atoms with Gasteiger partial charge in [0.1, 0.15) is 0 Å². The molecular weight excluding hydrogens is 330 g/mol. The molecule has 0 fully saturated rings. The third-order valence-corrected chi connectivity index (χ3v) is 0. The normalized spacial score (nSPS) is 8.29. The molecule has 0 unspecified atom stereocenters. The van der Waals surface area contributed by atoms with Crippen LogP contribution in [0.25, 0.3) is 0 Å². The molecule has 0 aromatic rings. The Morgan fingerprint density at radius 1 is 1.14 bits per heavy atom. The zero-order valence-corrected chi connectivity index (χ0v) is 10.1. The van der Waals surface area contributed by atoms with Crippen LogP contribution in [0.1, 0.15) is 0 Å². The summed E-state index contributed by atoms with van der Waals surface area (Å²) in [6, 6.07) is 0. The maximum atomic E-state index is 8.52. The fourth-order valence-corrected chi connectivity index (χ4v) is 0. The molecule has 0 bridgehead atoms. The van der Waals surface area contributed by atoms with Crippen molar-refractivity contribution in [3.05, 3.63) is 0 Å². The van der Waals surface area contributed by atoms with E-state index < -0.39 is 10.4 Å². The third kappa shape index (κ3) is 97.7. The maximum Gasteiger partial charge on any atom is 4.00 e. The molecular formula is InO4SSn+5. The summed E-state index contributed by atoms with van der Waals surface area (Å²) in [7, 11) is -5.17. The van der Waals surface area contributed by atoms with Crippen LogP contribution in [0, 0.1) is 0 Å². The average molecular weight is 330 g/mol. The van der Waals surface area contributed by atoms with E-state index in [1.54, 1.807) is 0 Å². The van der Waals surface area contributed by atoms with Gasteiger partial charge in [-0.2, -0.15) is 0 Å².